The van der Waals surface area contributed by atoms with E-state index in [1.165, 1.54) is 24.1 Å². The van der Waals surface area contributed by atoms with Gasteiger partial charge >= 0.3 is 0 Å². The Morgan fingerprint density at radius 1 is 1.31 bits per heavy atom. The monoisotopic (exact) mass is 219 g/mol. The fraction of sp³-hybridized carbons (Fsp3) is 0.571. The van der Waals surface area contributed by atoms with Crippen molar-refractivity contribution in [2.45, 2.75) is 45.6 Å². The molecule has 0 aromatic heterocycles. The van der Waals surface area contributed by atoms with Gasteiger partial charge in [0.25, 0.3) is 0 Å². The van der Waals surface area contributed by atoms with Crippen LogP contribution in [0.1, 0.15) is 38.7 Å². The van der Waals surface area contributed by atoms with E-state index in [1.807, 2.05) is 0 Å². The van der Waals surface area contributed by atoms with Crippen molar-refractivity contribution in [3.8, 4) is 5.75 Å². The second-order valence-corrected chi connectivity index (χ2v) is 4.38. The molecule has 1 aliphatic heterocycles. The number of para-hydroxylation sites is 1. The summed E-state index contributed by atoms with van der Waals surface area (Å²) in [7, 11) is 0. The lowest BCUT2D eigenvalue weighted by atomic mass is 10.0. The minimum atomic E-state index is 0.343. The highest BCUT2D eigenvalue weighted by Gasteiger charge is 2.15. The smallest absolute Gasteiger partial charge is 0.143 e. The molecule has 1 N–H and O–H groups in total. The molecule has 1 heterocycles. The average Bonchev–Trinajstić information content (AvgIpc) is 2.36. The molecule has 0 amide bonds. The summed E-state index contributed by atoms with van der Waals surface area (Å²) in [6, 6.07) is 6.38. The van der Waals surface area contributed by atoms with Crippen LogP contribution in [0.4, 0.5) is 5.69 Å². The average molecular weight is 219 g/mol. The Labute approximate surface area is 98.0 Å². The summed E-state index contributed by atoms with van der Waals surface area (Å²) < 4.78 is 6.05. The maximum atomic E-state index is 6.05. The van der Waals surface area contributed by atoms with Crippen molar-refractivity contribution in [1.82, 2.24) is 0 Å². The van der Waals surface area contributed by atoms with Gasteiger partial charge in [0, 0.05) is 6.54 Å². The molecular formula is C14H21NO. The second kappa shape index (κ2) is 5.24. The molecule has 0 aliphatic carbocycles. The van der Waals surface area contributed by atoms with E-state index >= 15 is 0 Å². The zero-order chi connectivity index (χ0) is 11.4. The molecule has 0 saturated carbocycles. The van der Waals surface area contributed by atoms with Crippen LogP contribution in [-0.4, -0.2) is 12.6 Å². The van der Waals surface area contributed by atoms with Crippen LogP contribution < -0.4 is 10.1 Å². The number of fused-ring (bicyclic) bond motifs is 1. The number of hydrogen-bond donors (Lipinski definition) is 1. The zero-order valence-electron chi connectivity index (χ0n) is 10.3. The third-order valence-corrected chi connectivity index (χ3v) is 3.24. The summed E-state index contributed by atoms with van der Waals surface area (Å²) in [4.78, 5) is 0. The van der Waals surface area contributed by atoms with Gasteiger partial charge in [0.05, 0.1) is 11.8 Å². The predicted molar refractivity (Wildman–Crippen MR) is 68.3 cm³/mol. The third-order valence-electron chi connectivity index (χ3n) is 3.24. The Kier molecular flexibility index (Phi) is 3.70. The highest BCUT2D eigenvalue weighted by molar-refractivity contribution is 5.63. The maximum Gasteiger partial charge on any atom is 0.143 e. The Balaban J connectivity index is 2.20. The van der Waals surface area contributed by atoms with Gasteiger partial charge in [-0.2, -0.15) is 0 Å². The lowest BCUT2D eigenvalue weighted by Crippen LogP contribution is -2.18. The number of benzene rings is 1. The number of aryl methyl sites for hydroxylation is 1. The molecule has 0 fully saturated rings. The molecule has 0 radical (unpaired) electrons. The van der Waals surface area contributed by atoms with E-state index in [2.05, 4.69) is 37.4 Å². The van der Waals surface area contributed by atoms with Crippen LogP contribution >= 0.6 is 0 Å². The first-order valence-electron chi connectivity index (χ1n) is 6.37. The van der Waals surface area contributed by atoms with Crippen molar-refractivity contribution in [3.63, 3.8) is 0 Å². The summed E-state index contributed by atoms with van der Waals surface area (Å²) in [5, 5.41) is 3.46. The summed E-state index contributed by atoms with van der Waals surface area (Å²) in [5.74, 6) is 1.03. The molecule has 1 aromatic rings. The first kappa shape index (κ1) is 11.3. The standard InChI is InChI=1S/C14H21NO/c1-3-12(4-2)16-13-9-5-7-11-8-6-10-15-14(11)13/h5,7,9,12,15H,3-4,6,8,10H2,1-2H3. The maximum absolute atomic E-state index is 6.05. The minimum absolute atomic E-state index is 0.343. The lowest BCUT2D eigenvalue weighted by Gasteiger charge is -2.24. The van der Waals surface area contributed by atoms with Gasteiger partial charge in [0.2, 0.25) is 0 Å². The van der Waals surface area contributed by atoms with Gasteiger partial charge in [0.1, 0.15) is 5.75 Å². The van der Waals surface area contributed by atoms with Crippen LogP contribution in [0.2, 0.25) is 0 Å². The number of ether oxygens (including phenoxy) is 1. The van der Waals surface area contributed by atoms with Crippen molar-refractivity contribution < 1.29 is 4.74 Å². The topological polar surface area (TPSA) is 21.3 Å². The van der Waals surface area contributed by atoms with Gasteiger partial charge in [-0.3, -0.25) is 0 Å². The van der Waals surface area contributed by atoms with Crippen LogP contribution in [-0.2, 0) is 6.42 Å². The molecule has 0 unspecified atom stereocenters. The second-order valence-electron chi connectivity index (χ2n) is 4.38. The fourth-order valence-electron chi connectivity index (χ4n) is 2.21. The zero-order valence-corrected chi connectivity index (χ0v) is 10.3. The number of anilines is 1. The van der Waals surface area contributed by atoms with E-state index < -0.39 is 0 Å². The van der Waals surface area contributed by atoms with Gasteiger partial charge < -0.3 is 10.1 Å². The van der Waals surface area contributed by atoms with Crippen molar-refractivity contribution in [3.05, 3.63) is 23.8 Å². The molecule has 0 atom stereocenters. The van der Waals surface area contributed by atoms with E-state index in [0.717, 1.165) is 25.1 Å². The van der Waals surface area contributed by atoms with Crippen molar-refractivity contribution in [2.24, 2.45) is 0 Å². The summed E-state index contributed by atoms with van der Waals surface area (Å²) in [6.07, 6.45) is 4.87. The number of hydrogen-bond acceptors (Lipinski definition) is 2. The van der Waals surface area contributed by atoms with Crippen molar-refractivity contribution in [2.75, 3.05) is 11.9 Å². The van der Waals surface area contributed by atoms with Crippen LogP contribution in [0.5, 0.6) is 5.75 Å². The summed E-state index contributed by atoms with van der Waals surface area (Å²) in [5.41, 5.74) is 2.62. The van der Waals surface area contributed by atoms with Crippen molar-refractivity contribution in [1.29, 1.82) is 0 Å². The number of rotatable bonds is 4. The summed E-state index contributed by atoms with van der Waals surface area (Å²) >= 11 is 0. The Morgan fingerprint density at radius 3 is 2.88 bits per heavy atom. The Hall–Kier alpha value is -1.18. The molecule has 1 aliphatic rings. The molecule has 88 valence electrons. The van der Waals surface area contributed by atoms with Crippen LogP contribution in [0.25, 0.3) is 0 Å². The van der Waals surface area contributed by atoms with E-state index in [-0.39, 0.29) is 0 Å². The lowest BCUT2D eigenvalue weighted by molar-refractivity contribution is 0.193. The van der Waals surface area contributed by atoms with E-state index in [1.54, 1.807) is 0 Å². The van der Waals surface area contributed by atoms with Gasteiger partial charge in [0.15, 0.2) is 0 Å². The van der Waals surface area contributed by atoms with Gasteiger partial charge in [-0.25, -0.2) is 0 Å². The Morgan fingerprint density at radius 2 is 2.12 bits per heavy atom. The first-order valence-corrected chi connectivity index (χ1v) is 6.37. The van der Waals surface area contributed by atoms with Crippen LogP contribution in [0.3, 0.4) is 0 Å². The fourth-order valence-corrected chi connectivity index (χ4v) is 2.21. The molecule has 0 bridgehead atoms. The normalized spacial score (nSPS) is 14.4. The van der Waals surface area contributed by atoms with Crippen LogP contribution in [0.15, 0.2) is 18.2 Å². The van der Waals surface area contributed by atoms with Crippen molar-refractivity contribution >= 4 is 5.69 Å². The highest BCUT2D eigenvalue weighted by Crippen LogP contribution is 2.33. The molecule has 2 rings (SSSR count). The largest absolute Gasteiger partial charge is 0.488 e. The van der Waals surface area contributed by atoms with E-state index in [9.17, 15) is 0 Å². The van der Waals surface area contributed by atoms with Gasteiger partial charge in [-0.1, -0.05) is 26.0 Å². The molecule has 16 heavy (non-hydrogen) atoms. The van der Waals surface area contributed by atoms with E-state index in [0.29, 0.717) is 6.10 Å². The first-order chi connectivity index (χ1) is 7.85. The minimum Gasteiger partial charge on any atom is -0.488 e. The van der Waals surface area contributed by atoms with E-state index in [4.69, 9.17) is 4.74 Å². The van der Waals surface area contributed by atoms with Crippen LogP contribution in [0, 0.1) is 0 Å². The molecule has 0 spiro atoms. The SMILES string of the molecule is CCC(CC)Oc1cccc2c1NCCC2. The number of nitrogens with one attached hydrogen (secondary N) is 1. The van der Waals surface area contributed by atoms with Gasteiger partial charge in [-0.15, -0.1) is 0 Å². The quantitative estimate of drug-likeness (QED) is 0.835. The molecule has 1 aromatic carbocycles. The molecule has 0 saturated heterocycles. The Bertz CT molecular complexity index is 345. The molecule has 2 heteroatoms. The predicted octanol–water partition coefficient (Wildman–Crippen LogP) is 3.61. The highest BCUT2D eigenvalue weighted by atomic mass is 16.5. The molecule has 2 nitrogen and oxygen atoms in total. The summed E-state index contributed by atoms with van der Waals surface area (Å²) in [6.45, 7) is 5.42. The molecular weight excluding hydrogens is 198 g/mol. The third kappa shape index (κ3) is 2.31. The van der Waals surface area contributed by atoms with Gasteiger partial charge in [-0.05, 0) is 37.3 Å².